The van der Waals surface area contributed by atoms with Gasteiger partial charge in [-0.2, -0.15) is 13.2 Å². The van der Waals surface area contributed by atoms with Crippen molar-refractivity contribution in [3.63, 3.8) is 0 Å². The molecule has 0 bridgehead atoms. The maximum Gasteiger partial charge on any atom is 0.433 e. The van der Waals surface area contributed by atoms with E-state index in [2.05, 4.69) is 9.97 Å². The highest BCUT2D eigenvalue weighted by atomic mass is 19.4. The number of aromatic nitrogens is 2. The Labute approximate surface area is 120 Å². The van der Waals surface area contributed by atoms with E-state index in [1.165, 1.54) is 4.90 Å². The number of hydrogen-bond acceptors (Lipinski definition) is 4. The van der Waals surface area contributed by atoms with Crippen LogP contribution in [0.4, 0.5) is 18.0 Å². The van der Waals surface area contributed by atoms with E-state index in [0.717, 1.165) is 12.3 Å². The predicted octanol–water partition coefficient (Wildman–Crippen LogP) is 2.83. The Morgan fingerprint density at radius 3 is 2.48 bits per heavy atom. The van der Waals surface area contributed by atoms with Crippen molar-refractivity contribution in [2.75, 3.05) is 13.1 Å². The van der Waals surface area contributed by atoms with Crippen molar-refractivity contribution < 1.29 is 22.7 Å². The van der Waals surface area contributed by atoms with E-state index in [1.54, 1.807) is 20.8 Å². The first-order valence-corrected chi connectivity index (χ1v) is 6.44. The molecule has 1 fully saturated rings. The molecule has 1 amide bonds. The molecule has 1 aliphatic rings. The molecule has 0 aliphatic carbocycles. The zero-order chi connectivity index (χ0) is 15.8. The Hall–Kier alpha value is -1.86. The number of amides is 1. The molecule has 0 spiro atoms. The average molecular weight is 303 g/mol. The fourth-order valence-electron chi connectivity index (χ4n) is 1.85. The summed E-state index contributed by atoms with van der Waals surface area (Å²) in [6, 6.07) is 0.827. The van der Waals surface area contributed by atoms with Crippen LogP contribution in [0.25, 0.3) is 0 Å². The molecular formula is C13H16F3N3O2. The number of halogens is 3. The zero-order valence-electron chi connectivity index (χ0n) is 11.9. The lowest BCUT2D eigenvalue weighted by Gasteiger charge is -2.38. The van der Waals surface area contributed by atoms with E-state index in [1.807, 2.05) is 0 Å². The van der Waals surface area contributed by atoms with E-state index in [9.17, 15) is 18.0 Å². The standard InChI is InChI=1S/C13H16F3N3O2/c1-12(2,3)21-11(20)19-6-8(7-19)10-17-5-4-9(18-10)13(14,15)16/h4-5,8H,6-7H2,1-3H3. The molecule has 0 N–H and O–H groups in total. The van der Waals surface area contributed by atoms with Gasteiger partial charge in [0.15, 0.2) is 0 Å². The van der Waals surface area contributed by atoms with E-state index < -0.39 is 23.6 Å². The van der Waals surface area contributed by atoms with Crippen LogP contribution in [-0.4, -0.2) is 39.7 Å². The summed E-state index contributed by atoms with van der Waals surface area (Å²) in [5.74, 6) is -0.190. The number of rotatable bonds is 1. The zero-order valence-corrected chi connectivity index (χ0v) is 11.9. The maximum atomic E-state index is 12.6. The molecule has 1 aliphatic heterocycles. The van der Waals surface area contributed by atoms with Gasteiger partial charge in [0.25, 0.3) is 0 Å². The topological polar surface area (TPSA) is 55.3 Å². The quantitative estimate of drug-likeness (QED) is 0.800. The largest absolute Gasteiger partial charge is 0.444 e. The van der Waals surface area contributed by atoms with Crippen molar-refractivity contribution >= 4 is 6.09 Å². The molecule has 2 heterocycles. The highest BCUT2D eigenvalue weighted by Crippen LogP contribution is 2.30. The van der Waals surface area contributed by atoms with Crippen molar-refractivity contribution in [3.05, 3.63) is 23.8 Å². The Bertz CT molecular complexity index is 534. The molecule has 0 radical (unpaired) electrons. The summed E-state index contributed by atoms with van der Waals surface area (Å²) in [7, 11) is 0. The van der Waals surface area contributed by atoms with Crippen LogP contribution in [0, 0.1) is 0 Å². The highest BCUT2D eigenvalue weighted by molar-refractivity contribution is 5.69. The molecule has 8 heteroatoms. The van der Waals surface area contributed by atoms with Gasteiger partial charge in [-0.05, 0) is 26.8 Å². The maximum absolute atomic E-state index is 12.6. The van der Waals surface area contributed by atoms with Crippen LogP contribution in [0.1, 0.15) is 38.2 Å². The summed E-state index contributed by atoms with van der Waals surface area (Å²) < 4.78 is 42.9. The van der Waals surface area contributed by atoms with Gasteiger partial charge in [0.2, 0.25) is 0 Å². The lowest BCUT2D eigenvalue weighted by molar-refractivity contribution is -0.141. The second-order valence-corrected chi connectivity index (χ2v) is 5.88. The minimum Gasteiger partial charge on any atom is -0.444 e. The molecule has 5 nitrogen and oxygen atoms in total. The Balaban J connectivity index is 1.97. The van der Waals surface area contributed by atoms with Gasteiger partial charge in [-0.25, -0.2) is 14.8 Å². The van der Waals surface area contributed by atoms with Gasteiger partial charge in [0.1, 0.15) is 17.1 Å². The summed E-state index contributed by atoms with van der Waals surface area (Å²) in [4.78, 5) is 20.5. The molecular weight excluding hydrogens is 287 g/mol. The van der Waals surface area contributed by atoms with Gasteiger partial charge in [-0.1, -0.05) is 0 Å². The summed E-state index contributed by atoms with van der Waals surface area (Å²) in [5.41, 5.74) is -1.57. The molecule has 2 rings (SSSR count). The summed E-state index contributed by atoms with van der Waals surface area (Å²) >= 11 is 0. The van der Waals surface area contributed by atoms with Gasteiger partial charge in [0, 0.05) is 19.3 Å². The molecule has 116 valence electrons. The molecule has 1 aromatic heterocycles. The fraction of sp³-hybridized carbons (Fsp3) is 0.615. The molecule has 1 aromatic rings. The van der Waals surface area contributed by atoms with Crippen LogP contribution in [-0.2, 0) is 10.9 Å². The summed E-state index contributed by atoms with van der Waals surface area (Å²) in [5, 5.41) is 0. The van der Waals surface area contributed by atoms with Crippen molar-refractivity contribution in [1.82, 2.24) is 14.9 Å². The van der Waals surface area contributed by atoms with Crippen molar-refractivity contribution in [2.24, 2.45) is 0 Å². The molecule has 0 atom stereocenters. The predicted molar refractivity (Wildman–Crippen MR) is 67.6 cm³/mol. The van der Waals surface area contributed by atoms with Gasteiger partial charge in [-0.15, -0.1) is 0 Å². The SMILES string of the molecule is CC(C)(C)OC(=O)N1CC(c2nccc(C(F)(F)F)n2)C1. The number of ether oxygens (including phenoxy) is 1. The van der Waals surface area contributed by atoms with E-state index >= 15 is 0 Å². The lowest BCUT2D eigenvalue weighted by atomic mass is 10.00. The Morgan fingerprint density at radius 2 is 1.95 bits per heavy atom. The van der Waals surface area contributed by atoms with Crippen molar-refractivity contribution in [2.45, 2.75) is 38.5 Å². The number of alkyl halides is 3. The Kier molecular flexibility index (Phi) is 3.81. The number of nitrogens with zero attached hydrogens (tertiary/aromatic N) is 3. The van der Waals surface area contributed by atoms with Crippen LogP contribution in [0.5, 0.6) is 0 Å². The van der Waals surface area contributed by atoms with Crippen molar-refractivity contribution in [1.29, 1.82) is 0 Å². The third kappa shape index (κ3) is 3.83. The van der Waals surface area contributed by atoms with Crippen LogP contribution >= 0.6 is 0 Å². The van der Waals surface area contributed by atoms with Crippen LogP contribution in [0.3, 0.4) is 0 Å². The summed E-state index contributed by atoms with van der Waals surface area (Å²) in [6.45, 7) is 5.76. The molecule has 0 aromatic carbocycles. The van der Waals surface area contributed by atoms with Gasteiger partial charge < -0.3 is 9.64 Å². The van der Waals surface area contributed by atoms with Crippen LogP contribution < -0.4 is 0 Å². The first-order valence-electron chi connectivity index (χ1n) is 6.44. The second kappa shape index (κ2) is 5.16. The van der Waals surface area contributed by atoms with Crippen molar-refractivity contribution in [3.8, 4) is 0 Å². The molecule has 0 saturated carbocycles. The second-order valence-electron chi connectivity index (χ2n) is 5.88. The minimum atomic E-state index is -4.49. The molecule has 1 saturated heterocycles. The highest BCUT2D eigenvalue weighted by Gasteiger charge is 2.38. The lowest BCUT2D eigenvalue weighted by Crippen LogP contribution is -2.50. The van der Waals surface area contributed by atoms with E-state index in [-0.39, 0.29) is 24.8 Å². The number of carbonyl (C=O) groups is 1. The third-order valence-electron chi connectivity index (χ3n) is 2.86. The fourth-order valence-corrected chi connectivity index (χ4v) is 1.85. The minimum absolute atomic E-state index is 0.102. The monoisotopic (exact) mass is 303 g/mol. The third-order valence-corrected chi connectivity index (χ3v) is 2.86. The van der Waals surface area contributed by atoms with Gasteiger partial charge >= 0.3 is 12.3 Å². The van der Waals surface area contributed by atoms with Gasteiger partial charge in [-0.3, -0.25) is 0 Å². The van der Waals surface area contributed by atoms with E-state index in [4.69, 9.17) is 4.74 Å². The van der Waals surface area contributed by atoms with Crippen LogP contribution in [0.15, 0.2) is 12.3 Å². The first-order chi connectivity index (χ1) is 9.56. The Morgan fingerprint density at radius 1 is 1.33 bits per heavy atom. The number of likely N-dealkylation sites (tertiary alicyclic amines) is 1. The smallest absolute Gasteiger partial charge is 0.433 e. The van der Waals surface area contributed by atoms with Gasteiger partial charge in [0.05, 0.1) is 5.92 Å². The number of hydrogen-bond donors (Lipinski definition) is 0. The first kappa shape index (κ1) is 15.5. The van der Waals surface area contributed by atoms with Crippen LogP contribution in [0.2, 0.25) is 0 Å². The average Bonchev–Trinajstić information content (AvgIpc) is 2.23. The van der Waals surface area contributed by atoms with E-state index in [0.29, 0.717) is 0 Å². The normalized spacial score (nSPS) is 16.6. The summed E-state index contributed by atoms with van der Waals surface area (Å²) in [6.07, 6.45) is -3.89. The molecule has 0 unspecified atom stereocenters. The number of carbonyl (C=O) groups excluding carboxylic acids is 1. The molecule has 21 heavy (non-hydrogen) atoms.